The summed E-state index contributed by atoms with van der Waals surface area (Å²) in [5.41, 5.74) is 2.63. The molecule has 2 aromatic heterocycles. The van der Waals surface area contributed by atoms with E-state index in [1.54, 1.807) is 25.1 Å². The summed E-state index contributed by atoms with van der Waals surface area (Å²) in [6.07, 6.45) is 2.16. The molecule has 4 heterocycles. The molecule has 2 aromatic carbocycles. The van der Waals surface area contributed by atoms with Crippen molar-refractivity contribution in [2.75, 3.05) is 44.3 Å². The van der Waals surface area contributed by atoms with Gasteiger partial charge >= 0.3 is 0 Å². The molecule has 37 heavy (non-hydrogen) atoms. The van der Waals surface area contributed by atoms with Crippen LogP contribution in [0.25, 0.3) is 16.6 Å². The first-order valence-electron chi connectivity index (χ1n) is 12.6. The number of H-pyrrole nitrogens is 1. The number of ether oxygens (including phenoxy) is 1. The van der Waals surface area contributed by atoms with Crippen LogP contribution < -0.4 is 10.5 Å². The monoisotopic (exact) mass is 522 g/mol. The number of sulfone groups is 1. The lowest BCUT2D eigenvalue weighted by Gasteiger charge is -2.41. The molecular formula is C26H30N6O4S. The lowest BCUT2D eigenvalue weighted by atomic mass is 10.1. The summed E-state index contributed by atoms with van der Waals surface area (Å²) < 4.78 is 34.0. The van der Waals surface area contributed by atoms with Gasteiger partial charge in [-0.1, -0.05) is 17.7 Å². The second-order valence-corrected chi connectivity index (χ2v) is 11.8. The van der Waals surface area contributed by atoms with Crippen molar-refractivity contribution in [3.05, 3.63) is 57.9 Å². The number of nitrogens with zero attached hydrogens (tertiary/aromatic N) is 5. The summed E-state index contributed by atoms with van der Waals surface area (Å²) in [6, 6.07) is 11.3. The van der Waals surface area contributed by atoms with Crippen LogP contribution in [0.5, 0.6) is 0 Å². The van der Waals surface area contributed by atoms with Gasteiger partial charge < -0.3 is 9.64 Å². The number of hydrogen-bond acceptors (Lipinski definition) is 8. The van der Waals surface area contributed by atoms with E-state index in [-0.39, 0.29) is 15.6 Å². The van der Waals surface area contributed by atoms with E-state index in [0.29, 0.717) is 22.5 Å². The third kappa shape index (κ3) is 4.20. The Kier molecular flexibility index (Phi) is 6.01. The van der Waals surface area contributed by atoms with Crippen molar-refractivity contribution in [1.82, 2.24) is 24.7 Å². The van der Waals surface area contributed by atoms with Gasteiger partial charge in [0.2, 0.25) is 14.9 Å². The maximum atomic E-state index is 13.5. The van der Waals surface area contributed by atoms with E-state index < -0.39 is 15.4 Å². The average molecular weight is 523 g/mol. The molecule has 1 N–H and O–H groups in total. The van der Waals surface area contributed by atoms with E-state index in [2.05, 4.69) is 25.1 Å². The van der Waals surface area contributed by atoms with Crippen LogP contribution in [0.3, 0.4) is 0 Å². The summed E-state index contributed by atoms with van der Waals surface area (Å²) in [4.78, 5) is 22.0. The van der Waals surface area contributed by atoms with Gasteiger partial charge in [0.25, 0.3) is 5.56 Å². The second kappa shape index (κ2) is 9.23. The number of aromatic amines is 1. The Morgan fingerprint density at radius 3 is 2.49 bits per heavy atom. The minimum absolute atomic E-state index is 0.000961. The highest BCUT2D eigenvalue weighted by Gasteiger charge is 2.29. The number of anilines is 1. The third-order valence-corrected chi connectivity index (χ3v) is 9.40. The minimum Gasteiger partial charge on any atom is -0.381 e. The van der Waals surface area contributed by atoms with Crippen LogP contribution in [0.1, 0.15) is 24.0 Å². The first kappa shape index (κ1) is 24.1. The zero-order valence-corrected chi connectivity index (χ0v) is 21.8. The SMILES string of the molecule is Cc1ccc(S(=O)(=O)c2n[nH]n3c2nc(=O)c2ccc(N4CCN(C5CCOCC5)CC4)cc23)c(C)c1. The molecule has 10 nitrogen and oxygen atoms in total. The Bertz CT molecular complexity index is 1650. The van der Waals surface area contributed by atoms with E-state index in [9.17, 15) is 13.2 Å². The summed E-state index contributed by atoms with van der Waals surface area (Å²) >= 11 is 0. The maximum Gasteiger partial charge on any atom is 0.281 e. The fraction of sp³-hybridized carbons (Fsp3) is 0.423. The van der Waals surface area contributed by atoms with Gasteiger partial charge in [-0.15, -0.1) is 5.10 Å². The van der Waals surface area contributed by atoms with Crippen LogP contribution in [0.15, 0.2) is 51.1 Å². The lowest BCUT2D eigenvalue weighted by molar-refractivity contribution is 0.0321. The number of aromatic nitrogens is 4. The van der Waals surface area contributed by atoms with Crippen molar-refractivity contribution in [3.63, 3.8) is 0 Å². The number of benzene rings is 2. The van der Waals surface area contributed by atoms with Crippen LogP contribution in [0.2, 0.25) is 0 Å². The fourth-order valence-corrected chi connectivity index (χ4v) is 7.05. The van der Waals surface area contributed by atoms with Crippen LogP contribution in [-0.2, 0) is 14.6 Å². The third-order valence-electron chi connectivity index (χ3n) is 7.58. The molecule has 2 fully saturated rings. The first-order chi connectivity index (χ1) is 17.8. The molecule has 0 amide bonds. The van der Waals surface area contributed by atoms with E-state index in [1.165, 1.54) is 4.52 Å². The van der Waals surface area contributed by atoms with Crippen molar-refractivity contribution in [2.24, 2.45) is 0 Å². The molecule has 0 spiro atoms. The smallest absolute Gasteiger partial charge is 0.281 e. The largest absolute Gasteiger partial charge is 0.381 e. The molecule has 4 aromatic rings. The van der Waals surface area contributed by atoms with Crippen LogP contribution in [0, 0.1) is 13.8 Å². The van der Waals surface area contributed by atoms with E-state index >= 15 is 0 Å². The summed E-state index contributed by atoms with van der Waals surface area (Å²) in [5, 5.41) is 7.06. The molecule has 194 valence electrons. The fourth-order valence-electron chi connectivity index (χ4n) is 5.57. The summed E-state index contributed by atoms with van der Waals surface area (Å²) in [6.45, 7) is 9.01. The number of rotatable bonds is 4. The van der Waals surface area contributed by atoms with Crippen molar-refractivity contribution in [1.29, 1.82) is 0 Å². The number of fused-ring (bicyclic) bond motifs is 3. The molecule has 0 unspecified atom stereocenters. The standard InChI is InChI=1S/C26H30N6O4S/c1-17-3-6-23(18(2)15-17)37(34,35)26-24-27-25(33)21-5-4-20(16-22(21)32(24)29-28-26)31-11-9-30(10-12-31)19-7-13-36-14-8-19/h3-6,15-16,19,29H,7-14H2,1-2H3. The van der Waals surface area contributed by atoms with Crippen LogP contribution in [0.4, 0.5) is 5.69 Å². The van der Waals surface area contributed by atoms with Gasteiger partial charge in [-0.05, 0) is 56.5 Å². The summed E-state index contributed by atoms with van der Waals surface area (Å²) in [5.74, 6) is 0. The Balaban J connectivity index is 1.36. The Morgan fingerprint density at radius 1 is 1.00 bits per heavy atom. The van der Waals surface area contributed by atoms with Crippen LogP contribution >= 0.6 is 0 Å². The molecule has 0 radical (unpaired) electrons. The van der Waals surface area contributed by atoms with Gasteiger partial charge in [0.05, 0.1) is 15.8 Å². The van der Waals surface area contributed by atoms with Gasteiger partial charge in [0, 0.05) is 51.1 Å². The minimum atomic E-state index is -3.99. The first-order valence-corrected chi connectivity index (χ1v) is 14.1. The highest BCUT2D eigenvalue weighted by atomic mass is 32.2. The zero-order chi connectivity index (χ0) is 25.7. The topological polar surface area (TPSA) is 113 Å². The van der Waals surface area contributed by atoms with Crippen molar-refractivity contribution in [2.45, 2.75) is 42.7 Å². The predicted octanol–water partition coefficient (Wildman–Crippen LogP) is 2.32. The molecule has 0 atom stereocenters. The number of piperazine rings is 1. The normalized spacial score (nSPS) is 18.2. The molecular weight excluding hydrogens is 492 g/mol. The van der Waals surface area contributed by atoms with Gasteiger partial charge in [-0.25, -0.2) is 18.1 Å². The molecule has 0 saturated carbocycles. The van der Waals surface area contributed by atoms with Gasteiger partial charge in [-0.2, -0.15) is 4.98 Å². The number of nitrogens with one attached hydrogen (secondary N) is 1. The number of hydrogen-bond donors (Lipinski definition) is 1. The Labute approximate surface area is 214 Å². The molecule has 2 aliphatic rings. The maximum absolute atomic E-state index is 13.5. The van der Waals surface area contributed by atoms with Crippen molar-refractivity contribution >= 4 is 32.1 Å². The summed E-state index contributed by atoms with van der Waals surface area (Å²) in [7, 11) is -3.99. The van der Waals surface area contributed by atoms with E-state index in [4.69, 9.17) is 4.74 Å². The lowest BCUT2D eigenvalue weighted by Crippen LogP contribution is -2.51. The predicted molar refractivity (Wildman–Crippen MR) is 140 cm³/mol. The Hall–Kier alpha value is -3.28. The molecule has 0 aliphatic carbocycles. The highest BCUT2D eigenvalue weighted by molar-refractivity contribution is 7.91. The van der Waals surface area contributed by atoms with E-state index in [0.717, 1.165) is 63.5 Å². The molecule has 11 heteroatoms. The zero-order valence-electron chi connectivity index (χ0n) is 21.0. The van der Waals surface area contributed by atoms with E-state index in [1.807, 2.05) is 25.1 Å². The second-order valence-electron chi connectivity index (χ2n) is 9.93. The quantitative estimate of drug-likeness (QED) is 0.435. The van der Waals surface area contributed by atoms with Gasteiger partial charge in [0.1, 0.15) is 0 Å². The van der Waals surface area contributed by atoms with Crippen LogP contribution in [-0.4, -0.2) is 78.6 Å². The molecule has 2 saturated heterocycles. The van der Waals surface area contributed by atoms with Gasteiger partial charge in [0.15, 0.2) is 5.65 Å². The molecule has 6 rings (SSSR count). The highest BCUT2D eigenvalue weighted by Crippen LogP contribution is 2.28. The molecule has 0 bridgehead atoms. The van der Waals surface area contributed by atoms with Gasteiger partial charge in [-0.3, -0.25) is 9.69 Å². The van der Waals surface area contributed by atoms with Crippen molar-refractivity contribution < 1.29 is 13.2 Å². The van der Waals surface area contributed by atoms with Crippen molar-refractivity contribution in [3.8, 4) is 0 Å². The average Bonchev–Trinajstić information content (AvgIpc) is 3.34. The molecule has 2 aliphatic heterocycles. The number of aryl methyl sites for hydroxylation is 2. The Morgan fingerprint density at radius 2 is 1.76 bits per heavy atom.